The normalized spacial score (nSPS) is 22.0. The molecule has 0 spiro atoms. The fourth-order valence-electron chi connectivity index (χ4n) is 9.53. The molecule has 2 aromatic carbocycles. The molecule has 2 unspecified atom stereocenters. The van der Waals surface area contributed by atoms with Crippen molar-refractivity contribution in [2.75, 3.05) is 58.2 Å². The number of anilines is 1. The number of rotatable bonds is 12. The van der Waals surface area contributed by atoms with Gasteiger partial charge in [-0.3, -0.25) is 39.2 Å². The Hall–Kier alpha value is -5.30. The average molecular weight is 861 g/mol. The van der Waals surface area contributed by atoms with Crippen molar-refractivity contribution in [2.24, 2.45) is 0 Å². The van der Waals surface area contributed by atoms with E-state index in [4.69, 9.17) is 16.6 Å². The van der Waals surface area contributed by atoms with Gasteiger partial charge in [-0.2, -0.15) is 0 Å². The molecular formula is C48H54ClFN8O4. The van der Waals surface area contributed by atoms with Crippen molar-refractivity contribution in [3.05, 3.63) is 117 Å². The second kappa shape index (κ2) is 19.8. The van der Waals surface area contributed by atoms with Crippen molar-refractivity contribution in [1.82, 2.24) is 34.9 Å². The number of aldehydes is 1. The van der Waals surface area contributed by atoms with E-state index in [0.717, 1.165) is 93.3 Å². The molecular weight excluding hydrogens is 807 g/mol. The second-order valence-corrected chi connectivity index (χ2v) is 17.6. The van der Waals surface area contributed by atoms with Gasteiger partial charge >= 0.3 is 0 Å². The number of nitrogens with zero attached hydrogens (tertiary/aromatic N) is 6. The van der Waals surface area contributed by atoms with E-state index in [0.29, 0.717) is 73.2 Å². The first-order valence-corrected chi connectivity index (χ1v) is 22.2. The van der Waals surface area contributed by atoms with Crippen molar-refractivity contribution in [2.45, 2.75) is 82.0 Å². The first kappa shape index (κ1) is 43.4. The zero-order chi connectivity index (χ0) is 43.2. The zero-order valence-electron chi connectivity index (χ0n) is 35.2. The molecule has 1 aromatic heterocycles. The van der Waals surface area contributed by atoms with Crippen LogP contribution in [0.15, 0.2) is 78.7 Å². The van der Waals surface area contributed by atoms with E-state index in [2.05, 4.69) is 43.3 Å². The molecule has 3 amide bonds. The second-order valence-electron chi connectivity index (χ2n) is 17.2. The maximum Gasteiger partial charge on any atom is 0.243 e. The first-order chi connectivity index (χ1) is 30.1. The van der Waals surface area contributed by atoms with Crippen LogP contribution >= 0.6 is 11.6 Å². The number of nitrogens with one attached hydrogen (secondary N) is 2. The maximum atomic E-state index is 13.6. The summed E-state index contributed by atoms with van der Waals surface area (Å²) in [5, 5.41) is 6.34. The summed E-state index contributed by atoms with van der Waals surface area (Å²) in [6.45, 7) is 6.01. The number of amides is 3. The van der Waals surface area contributed by atoms with E-state index in [-0.39, 0.29) is 29.6 Å². The molecule has 5 heterocycles. The molecule has 0 bridgehead atoms. The summed E-state index contributed by atoms with van der Waals surface area (Å²) in [7, 11) is 1.87. The van der Waals surface area contributed by atoms with Crippen LogP contribution in [0.4, 0.5) is 10.3 Å². The molecule has 4 aliphatic heterocycles. The van der Waals surface area contributed by atoms with Crippen LogP contribution in [0, 0.1) is 5.82 Å². The Labute approximate surface area is 367 Å². The van der Waals surface area contributed by atoms with Gasteiger partial charge in [0.25, 0.3) is 0 Å². The quantitative estimate of drug-likeness (QED) is 0.122. The van der Waals surface area contributed by atoms with Gasteiger partial charge in [-0.05, 0) is 119 Å². The molecule has 0 saturated carbocycles. The molecule has 12 nitrogen and oxygen atoms in total. The number of likely N-dealkylation sites (N-methyl/N-ethyl adjacent to an activating group) is 1. The van der Waals surface area contributed by atoms with Crippen molar-refractivity contribution in [1.29, 1.82) is 0 Å². The van der Waals surface area contributed by atoms with Gasteiger partial charge in [0, 0.05) is 61.4 Å². The highest BCUT2D eigenvalue weighted by Crippen LogP contribution is 2.33. The van der Waals surface area contributed by atoms with Crippen molar-refractivity contribution < 1.29 is 23.6 Å². The predicted octanol–water partition coefficient (Wildman–Crippen LogP) is 6.26. The van der Waals surface area contributed by atoms with Gasteiger partial charge in [0.1, 0.15) is 12.1 Å². The standard InChI is InChI=1S/C48H54ClFN8O4/c1-55(43-15-16-44(60)53-47(43)62)28-38-26-36(9-10-37(38)31-59)34-17-22-57(23-18-34)41-6-3-21-56(29-41)30-45(61)58-24-19-40(20-25-58)52-48-51-27-42(49)46(54-48)35-5-2-4-32(7-8-35)33-11-13-39(50)14-12-33/h2,4-5,8-14,26-27,31,34,40-41,43H,3,6,15-25,28-30H2,1H3,(H,51,52,54)(H,53,60,62). The van der Waals surface area contributed by atoms with E-state index < -0.39 is 6.04 Å². The summed E-state index contributed by atoms with van der Waals surface area (Å²) < 4.78 is 13.5. The van der Waals surface area contributed by atoms with Crippen LogP contribution in [0.1, 0.15) is 90.0 Å². The van der Waals surface area contributed by atoms with Crippen molar-refractivity contribution >= 4 is 52.7 Å². The Kier molecular flexibility index (Phi) is 13.9. The van der Waals surface area contributed by atoms with E-state index >= 15 is 0 Å². The average Bonchev–Trinajstić information content (AvgIpc) is 3.54. The lowest BCUT2D eigenvalue weighted by Gasteiger charge is -2.43. The molecule has 5 aliphatic rings. The summed E-state index contributed by atoms with van der Waals surface area (Å²) in [4.78, 5) is 67.8. The van der Waals surface area contributed by atoms with E-state index in [1.165, 1.54) is 17.7 Å². The molecule has 62 heavy (non-hydrogen) atoms. The van der Waals surface area contributed by atoms with E-state index in [1.54, 1.807) is 18.3 Å². The topological polar surface area (TPSA) is 131 Å². The van der Waals surface area contributed by atoms with Gasteiger partial charge < -0.3 is 10.2 Å². The maximum absolute atomic E-state index is 13.6. The number of halogens is 2. The number of benzene rings is 2. The number of carbonyl (C=O) groups excluding carboxylic acids is 4. The SMILES string of the molecule is CN(Cc1cc(C2CCN(C3CCCN(CC(=O)N4CCC(Nc5ncc(Cl)c(C6=CC=CC(c7ccc(F)cc7)=C=C6)n5)CC4)C3)CC2)ccc1C=O)C1CCC(=O)NC1=O. The van der Waals surface area contributed by atoms with Crippen LogP contribution in [-0.2, 0) is 20.9 Å². The fraction of sp³-hybridized carbons (Fsp3) is 0.438. The number of hydrogen-bond acceptors (Lipinski definition) is 10. The van der Waals surface area contributed by atoms with E-state index in [1.807, 2.05) is 47.2 Å². The predicted molar refractivity (Wildman–Crippen MR) is 238 cm³/mol. The Morgan fingerprint density at radius 3 is 2.58 bits per heavy atom. The lowest BCUT2D eigenvalue weighted by atomic mass is 9.86. The number of piperidine rings is 4. The highest BCUT2D eigenvalue weighted by atomic mass is 35.5. The lowest BCUT2D eigenvalue weighted by molar-refractivity contribution is -0.137. The number of aromatic nitrogens is 2. The Morgan fingerprint density at radius 1 is 1.03 bits per heavy atom. The largest absolute Gasteiger partial charge is 0.351 e. The van der Waals surface area contributed by atoms with Gasteiger partial charge in [0.15, 0.2) is 0 Å². The Balaban J connectivity index is 0.793. The van der Waals surface area contributed by atoms with Crippen LogP contribution in [-0.4, -0.2) is 125 Å². The summed E-state index contributed by atoms with van der Waals surface area (Å²) in [5.41, 5.74) is 9.10. The molecule has 4 saturated heterocycles. The lowest BCUT2D eigenvalue weighted by Crippen LogP contribution is -2.53. The summed E-state index contributed by atoms with van der Waals surface area (Å²) in [5.74, 6) is 0.244. The number of carbonyl (C=O) groups is 4. The third-order valence-electron chi connectivity index (χ3n) is 13.1. The monoisotopic (exact) mass is 860 g/mol. The Bertz CT molecular complexity index is 2290. The number of allylic oxidation sites excluding steroid dienone is 5. The molecule has 324 valence electrons. The molecule has 1 aliphatic carbocycles. The Morgan fingerprint density at radius 2 is 1.82 bits per heavy atom. The van der Waals surface area contributed by atoms with Crippen molar-refractivity contribution in [3.8, 4) is 0 Å². The van der Waals surface area contributed by atoms with Crippen LogP contribution in [0.25, 0.3) is 11.1 Å². The number of likely N-dealkylation sites (tertiary alicyclic amines) is 3. The molecule has 2 N–H and O–H groups in total. The first-order valence-electron chi connectivity index (χ1n) is 21.9. The molecule has 0 radical (unpaired) electrons. The smallest absolute Gasteiger partial charge is 0.243 e. The van der Waals surface area contributed by atoms with Crippen LogP contribution in [0.3, 0.4) is 0 Å². The third kappa shape index (κ3) is 10.5. The number of imide groups is 1. The summed E-state index contributed by atoms with van der Waals surface area (Å²) in [6, 6.07) is 12.6. The minimum absolute atomic E-state index is 0.118. The van der Waals surface area contributed by atoms with Crippen LogP contribution in [0.2, 0.25) is 5.02 Å². The molecule has 8 rings (SSSR count). The van der Waals surface area contributed by atoms with Crippen molar-refractivity contribution in [3.63, 3.8) is 0 Å². The van der Waals surface area contributed by atoms with Gasteiger partial charge in [-0.1, -0.05) is 54.1 Å². The van der Waals surface area contributed by atoms with Crippen LogP contribution in [0.5, 0.6) is 0 Å². The molecule has 4 fully saturated rings. The van der Waals surface area contributed by atoms with Crippen LogP contribution < -0.4 is 10.6 Å². The fourth-order valence-corrected chi connectivity index (χ4v) is 9.73. The van der Waals surface area contributed by atoms with Gasteiger partial charge in [0.05, 0.1) is 29.5 Å². The molecule has 3 aromatic rings. The van der Waals surface area contributed by atoms with Gasteiger partial charge in [-0.15, -0.1) is 5.73 Å². The molecule has 14 heteroatoms. The summed E-state index contributed by atoms with van der Waals surface area (Å²) in [6.07, 6.45) is 16.7. The highest BCUT2D eigenvalue weighted by Gasteiger charge is 2.33. The number of hydrogen-bond donors (Lipinski definition) is 2. The minimum Gasteiger partial charge on any atom is -0.351 e. The van der Waals surface area contributed by atoms with Gasteiger partial charge in [0.2, 0.25) is 23.7 Å². The molecule has 2 atom stereocenters. The summed E-state index contributed by atoms with van der Waals surface area (Å²) >= 11 is 6.57. The zero-order valence-corrected chi connectivity index (χ0v) is 36.0. The van der Waals surface area contributed by atoms with Gasteiger partial charge in [-0.25, -0.2) is 14.4 Å². The van der Waals surface area contributed by atoms with E-state index in [9.17, 15) is 23.6 Å². The minimum atomic E-state index is -0.401. The highest BCUT2D eigenvalue weighted by molar-refractivity contribution is 6.32. The third-order valence-corrected chi connectivity index (χ3v) is 13.4.